The zero-order valence-electron chi connectivity index (χ0n) is 11.2. The average molecular weight is 253 g/mol. The van der Waals surface area contributed by atoms with Gasteiger partial charge in [0, 0.05) is 0 Å². The Balaban J connectivity index is 2.78. The van der Waals surface area contributed by atoms with Gasteiger partial charge < -0.3 is 14.9 Å². The molecule has 1 radical (unpaired) electrons. The maximum atomic E-state index is 13.2. The quantitative estimate of drug-likeness (QED) is 0.773. The lowest BCUT2D eigenvalue weighted by Gasteiger charge is -2.37. The van der Waals surface area contributed by atoms with Crippen molar-refractivity contribution in [2.75, 3.05) is 0 Å². The molecular weight excluding hydrogens is 234 g/mol. The Labute approximate surface area is 108 Å². The fourth-order valence-electron chi connectivity index (χ4n) is 1.19. The van der Waals surface area contributed by atoms with Crippen LogP contribution >= 0.6 is 0 Å². The lowest BCUT2D eigenvalue weighted by molar-refractivity contribution is -0.0893. The standard InChI is InChI=1S/C13H19BFO3/c1-12(2,17)13(3,4)18-14-10-5-9(8-16)6-11(15)7-10/h5-7,16-17H,8H2,1-4H3. The Kier molecular flexibility index (Phi) is 4.53. The monoisotopic (exact) mass is 253 g/mol. The van der Waals surface area contributed by atoms with Gasteiger partial charge in [0.1, 0.15) is 5.82 Å². The highest BCUT2D eigenvalue weighted by Gasteiger charge is 2.35. The Morgan fingerprint density at radius 3 is 2.33 bits per heavy atom. The van der Waals surface area contributed by atoms with Crippen LogP contribution in [0.3, 0.4) is 0 Å². The van der Waals surface area contributed by atoms with E-state index in [2.05, 4.69) is 0 Å². The van der Waals surface area contributed by atoms with Crippen LogP contribution in [-0.4, -0.2) is 28.9 Å². The van der Waals surface area contributed by atoms with E-state index in [1.807, 2.05) is 0 Å². The number of benzene rings is 1. The predicted molar refractivity (Wildman–Crippen MR) is 69.2 cm³/mol. The minimum absolute atomic E-state index is 0.229. The van der Waals surface area contributed by atoms with Gasteiger partial charge >= 0.3 is 7.48 Å². The summed E-state index contributed by atoms with van der Waals surface area (Å²) in [7, 11) is 1.39. The summed E-state index contributed by atoms with van der Waals surface area (Å²) in [5.74, 6) is -0.433. The Bertz CT molecular complexity index is 413. The molecule has 18 heavy (non-hydrogen) atoms. The first-order chi connectivity index (χ1) is 8.15. The number of halogens is 1. The Morgan fingerprint density at radius 1 is 1.22 bits per heavy atom. The molecule has 0 heterocycles. The van der Waals surface area contributed by atoms with E-state index in [-0.39, 0.29) is 6.61 Å². The molecule has 0 spiro atoms. The first-order valence-electron chi connectivity index (χ1n) is 5.79. The third-order valence-corrected chi connectivity index (χ3v) is 3.13. The third-order valence-electron chi connectivity index (χ3n) is 3.13. The topological polar surface area (TPSA) is 49.7 Å². The first-order valence-corrected chi connectivity index (χ1v) is 5.79. The lowest BCUT2D eigenvalue weighted by Crippen LogP contribution is -2.49. The maximum Gasteiger partial charge on any atom is 0.331 e. The molecule has 3 nitrogen and oxygen atoms in total. The lowest BCUT2D eigenvalue weighted by atomic mass is 9.82. The van der Waals surface area contributed by atoms with Crippen molar-refractivity contribution in [1.82, 2.24) is 0 Å². The average Bonchev–Trinajstić information content (AvgIpc) is 2.24. The second kappa shape index (κ2) is 5.39. The van der Waals surface area contributed by atoms with Crippen molar-refractivity contribution >= 4 is 12.9 Å². The van der Waals surface area contributed by atoms with Crippen LogP contribution in [-0.2, 0) is 11.3 Å². The summed E-state index contributed by atoms with van der Waals surface area (Å²) in [6, 6.07) is 4.20. The van der Waals surface area contributed by atoms with E-state index in [1.54, 1.807) is 33.8 Å². The predicted octanol–water partition coefficient (Wildman–Crippen LogP) is 1.13. The molecule has 5 heteroatoms. The molecule has 1 aromatic carbocycles. The highest BCUT2D eigenvalue weighted by molar-refractivity contribution is 6.47. The second-order valence-corrected chi connectivity index (χ2v) is 5.36. The molecule has 1 aromatic rings. The molecule has 0 aliphatic rings. The summed E-state index contributed by atoms with van der Waals surface area (Å²) < 4.78 is 18.7. The summed E-state index contributed by atoms with van der Waals surface area (Å²) in [6.45, 7) is 6.55. The highest BCUT2D eigenvalue weighted by atomic mass is 19.1. The summed E-state index contributed by atoms with van der Waals surface area (Å²) in [5, 5.41) is 18.9. The summed E-state index contributed by atoms with van der Waals surface area (Å²) in [6.07, 6.45) is 0. The zero-order valence-corrected chi connectivity index (χ0v) is 11.2. The maximum absolute atomic E-state index is 13.2. The number of aliphatic hydroxyl groups is 2. The van der Waals surface area contributed by atoms with Crippen LogP contribution < -0.4 is 5.46 Å². The molecule has 99 valence electrons. The van der Waals surface area contributed by atoms with Gasteiger partial charge in [-0.3, -0.25) is 0 Å². The van der Waals surface area contributed by atoms with E-state index in [9.17, 15) is 9.50 Å². The minimum atomic E-state index is -1.03. The van der Waals surface area contributed by atoms with Gasteiger partial charge in [-0.15, -0.1) is 0 Å². The van der Waals surface area contributed by atoms with Crippen molar-refractivity contribution in [3.05, 3.63) is 29.6 Å². The van der Waals surface area contributed by atoms with Crippen LogP contribution in [0.25, 0.3) is 0 Å². The largest absolute Gasteiger partial charge is 0.427 e. The number of aliphatic hydroxyl groups excluding tert-OH is 1. The Morgan fingerprint density at radius 2 is 1.83 bits per heavy atom. The highest BCUT2D eigenvalue weighted by Crippen LogP contribution is 2.24. The minimum Gasteiger partial charge on any atom is -0.427 e. The van der Waals surface area contributed by atoms with Crippen molar-refractivity contribution in [3.8, 4) is 0 Å². The molecule has 0 fully saturated rings. The van der Waals surface area contributed by atoms with Crippen molar-refractivity contribution in [3.63, 3.8) is 0 Å². The molecule has 0 amide bonds. The molecule has 0 aliphatic carbocycles. The van der Waals surface area contributed by atoms with Gasteiger partial charge in [0.15, 0.2) is 0 Å². The molecule has 0 aromatic heterocycles. The number of hydrogen-bond acceptors (Lipinski definition) is 3. The van der Waals surface area contributed by atoms with Crippen molar-refractivity contribution < 1.29 is 19.3 Å². The zero-order chi connectivity index (χ0) is 14.0. The summed E-state index contributed by atoms with van der Waals surface area (Å²) >= 11 is 0. The van der Waals surface area contributed by atoms with Gasteiger partial charge in [0.25, 0.3) is 0 Å². The fraction of sp³-hybridized carbons (Fsp3) is 0.538. The van der Waals surface area contributed by atoms with E-state index in [1.165, 1.54) is 19.6 Å². The van der Waals surface area contributed by atoms with E-state index >= 15 is 0 Å². The van der Waals surface area contributed by atoms with Crippen molar-refractivity contribution in [2.24, 2.45) is 0 Å². The van der Waals surface area contributed by atoms with Gasteiger partial charge in [-0.2, -0.15) is 0 Å². The smallest absolute Gasteiger partial charge is 0.331 e. The number of rotatable bonds is 5. The Hall–Kier alpha value is -0.905. The molecule has 1 rings (SSSR count). The van der Waals surface area contributed by atoms with Crippen LogP contribution in [0.4, 0.5) is 4.39 Å². The van der Waals surface area contributed by atoms with Gasteiger partial charge in [-0.25, -0.2) is 4.39 Å². The molecule has 2 N–H and O–H groups in total. The first kappa shape index (κ1) is 15.2. The molecule has 0 saturated heterocycles. The SMILES string of the molecule is CC(C)(O)C(C)(C)O[B]c1cc(F)cc(CO)c1. The van der Waals surface area contributed by atoms with Gasteiger partial charge in [-0.05, 0) is 45.4 Å². The van der Waals surface area contributed by atoms with E-state index < -0.39 is 17.0 Å². The number of hydrogen-bond donors (Lipinski definition) is 2. The summed E-state index contributed by atoms with van der Waals surface area (Å²) in [4.78, 5) is 0. The van der Waals surface area contributed by atoms with Crippen LogP contribution in [0.5, 0.6) is 0 Å². The molecule has 0 atom stereocenters. The summed E-state index contributed by atoms with van der Waals surface area (Å²) in [5.41, 5.74) is -0.850. The van der Waals surface area contributed by atoms with Crippen LogP contribution in [0, 0.1) is 5.82 Å². The van der Waals surface area contributed by atoms with Crippen LogP contribution in [0.2, 0.25) is 0 Å². The molecule has 0 bridgehead atoms. The normalized spacial score (nSPS) is 12.6. The van der Waals surface area contributed by atoms with E-state index in [4.69, 9.17) is 9.76 Å². The van der Waals surface area contributed by atoms with Crippen molar-refractivity contribution in [2.45, 2.75) is 45.5 Å². The molecular formula is C13H19BFO3. The van der Waals surface area contributed by atoms with Crippen LogP contribution in [0.1, 0.15) is 33.3 Å². The van der Waals surface area contributed by atoms with Gasteiger partial charge in [-0.1, -0.05) is 11.5 Å². The molecule has 0 saturated carbocycles. The van der Waals surface area contributed by atoms with Gasteiger partial charge in [0.05, 0.1) is 17.8 Å². The van der Waals surface area contributed by atoms with Gasteiger partial charge in [0.2, 0.25) is 0 Å². The van der Waals surface area contributed by atoms with Crippen molar-refractivity contribution in [1.29, 1.82) is 0 Å². The van der Waals surface area contributed by atoms with E-state index in [0.717, 1.165) is 0 Å². The van der Waals surface area contributed by atoms with E-state index in [0.29, 0.717) is 11.0 Å². The fourth-order valence-corrected chi connectivity index (χ4v) is 1.19. The third kappa shape index (κ3) is 3.80. The molecule has 0 unspecified atom stereocenters. The van der Waals surface area contributed by atoms with Crippen LogP contribution in [0.15, 0.2) is 18.2 Å². The molecule has 0 aliphatic heterocycles. The second-order valence-electron chi connectivity index (χ2n) is 5.36.